The van der Waals surface area contributed by atoms with Gasteiger partial charge in [0.2, 0.25) is 0 Å². The molecule has 2 heterocycles. The minimum absolute atomic E-state index is 0.234. The predicted molar refractivity (Wildman–Crippen MR) is 111 cm³/mol. The number of benzene rings is 2. The Labute approximate surface area is 166 Å². The van der Waals surface area contributed by atoms with E-state index in [-0.39, 0.29) is 5.82 Å². The first-order chi connectivity index (χ1) is 13.5. The van der Waals surface area contributed by atoms with Crippen LogP contribution in [0.5, 0.6) is 0 Å². The van der Waals surface area contributed by atoms with Gasteiger partial charge in [0.05, 0.1) is 11.4 Å². The van der Waals surface area contributed by atoms with Gasteiger partial charge < -0.3 is 4.90 Å². The lowest BCUT2D eigenvalue weighted by molar-refractivity contribution is 0.100. The second-order valence-corrected chi connectivity index (χ2v) is 7.86. The molecule has 1 aliphatic heterocycles. The second-order valence-electron chi connectivity index (χ2n) is 7.86. The van der Waals surface area contributed by atoms with Crippen molar-refractivity contribution in [2.45, 2.75) is 26.4 Å². The van der Waals surface area contributed by atoms with Crippen LogP contribution < -0.4 is 0 Å². The van der Waals surface area contributed by atoms with Gasteiger partial charge in [0, 0.05) is 49.5 Å². The molecular formula is C23H27FN4. The Hall–Kier alpha value is -2.50. The summed E-state index contributed by atoms with van der Waals surface area (Å²) in [6.45, 7) is 8.26. The first-order valence-corrected chi connectivity index (χ1v) is 9.84. The molecule has 1 aliphatic rings. The number of rotatable bonds is 4. The molecule has 146 valence electrons. The predicted octanol–water partition coefficient (Wildman–Crippen LogP) is 4.12. The average molecular weight is 378 g/mol. The summed E-state index contributed by atoms with van der Waals surface area (Å²) in [6, 6.07) is 15.5. The van der Waals surface area contributed by atoms with Crippen molar-refractivity contribution in [3.05, 3.63) is 71.7 Å². The summed E-state index contributed by atoms with van der Waals surface area (Å²) in [5.41, 5.74) is 5.02. The molecular weight excluding hydrogens is 351 g/mol. The van der Waals surface area contributed by atoms with Crippen LogP contribution in [0.15, 0.2) is 54.7 Å². The summed E-state index contributed by atoms with van der Waals surface area (Å²) in [6.07, 6.45) is 2.10. The van der Waals surface area contributed by atoms with Gasteiger partial charge in [0.1, 0.15) is 5.82 Å². The van der Waals surface area contributed by atoms with Crippen LogP contribution in [-0.2, 0) is 6.54 Å². The Morgan fingerprint density at radius 2 is 1.93 bits per heavy atom. The van der Waals surface area contributed by atoms with Crippen molar-refractivity contribution >= 4 is 0 Å². The number of nitrogens with zero attached hydrogens (tertiary/aromatic N) is 4. The van der Waals surface area contributed by atoms with E-state index in [9.17, 15) is 4.39 Å². The van der Waals surface area contributed by atoms with E-state index in [0.29, 0.717) is 6.04 Å². The van der Waals surface area contributed by atoms with Crippen molar-refractivity contribution in [1.82, 2.24) is 19.6 Å². The fourth-order valence-electron chi connectivity index (χ4n) is 3.82. The minimum atomic E-state index is -0.234. The zero-order valence-corrected chi connectivity index (χ0v) is 16.8. The lowest BCUT2D eigenvalue weighted by atomic mass is 10.1. The Kier molecular flexibility index (Phi) is 5.29. The number of likely N-dealkylation sites (N-methyl/N-ethyl adjacent to an activating group) is 1. The summed E-state index contributed by atoms with van der Waals surface area (Å²) in [7, 11) is 2.18. The van der Waals surface area contributed by atoms with E-state index in [4.69, 9.17) is 5.10 Å². The van der Waals surface area contributed by atoms with Crippen LogP contribution in [0.3, 0.4) is 0 Å². The van der Waals surface area contributed by atoms with Crippen LogP contribution in [0.25, 0.3) is 16.9 Å². The highest BCUT2D eigenvalue weighted by atomic mass is 19.1. The molecule has 0 radical (unpaired) electrons. The normalized spacial score (nSPS) is 18.5. The molecule has 2 aromatic carbocycles. The summed E-state index contributed by atoms with van der Waals surface area (Å²) < 4.78 is 15.8. The number of hydrogen-bond acceptors (Lipinski definition) is 3. The average Bonchev–Trinajstić information content (AvgIpc) is 3.09. The van der Waals surface area contributed by atoms with Crippen LogP contribution in [0, 0.1) is 12.7 Å². The second kappa shape index (κ2) is 7.86. The fourth-order valence-corrected chi connectivity index (χ4v) is 3.82. The molecule has 4 rings (SSSR count). The summed E-state index contributed by atoms with van der Waals surface area (Å²) in [5.74, 6) is -0.234. The summed E-state index contributed by atoms with van der Waals surface area (Å²) in [5, 5.41) is 4.85. The smallest absolute Gasteiger partial charge is 0.123 e. The number of hydrogen-bond donors (Lipinski definition) is 0. The van der Waals surface area contributed by atoms with Crippen LogP contribution in [0.1, 0.15) is 18.1 Å². The summed E-state index contributed by atoms with van der Waals surface area (Å²) >= 11 is 0. The standard InChI is InChI=1S/C23H27FN4/c1-17-6-4-9-22(12-17)28-16-20(15-27-11-10-26(3)18(2)14-27)23(25-28)19-7-5-8-21(24)13-19/h4-9,12-13,16,18H,10-11,14-15H2,1-3H3/t18-/m0/s1. The van der Waals surface area contributed by atoms with E-state index < -0.39 is 0 Å². The van der Waals surface area contributed by atoms with Gasteiger partial charge in [-0.1, -0.05) is 24.3 Å². The fraction of sp³-hybridized carbons (Fsp3) is 0.348. The van der Waals surface area contributed by atoms with Gasteiger partial charge in [0.15, 0.2) is 0 Å². The molecule has 0 saturated carbocycles. The monoisotopic (exact) mass is 378 g/mol. The van der Waals surface area contributed by atoms with Gasteiger partial charge in [-0.2, -0.15) is 5.10 Å². The van der Waals surface area contributed by atoms with E-state index in [1.54, 1.807) is 12.1 Å². The van der Waals surface area contributed by atoms with Crippen molar-refractivity contribution in [3.8, 4) is 16.9 Å². The van der Waals surface area contributed by atoms with Crippen molar-refractivity contribution in [2.24, 2.45) is 0 Å². The molecule has 5 heteroatoms. The number of halogens is 1. The van der Waals surface area contributed by atoms with Crippen LogP contribution in [0.2, 0.25) is 0 Å². The molecule has 0 unspecified atom stereocenters. The molecule has 0 bridgehead atoms. The van der Waals surface area contributed by atoms with Gasteiger partial charge in [-0.15, -0.1) is 0 Å². The third-order valence-corrected chi connectivity index (χ3v) is 5.59. The molecule has 0 spiro atoms. The Morgan fingerprint density at radius 3 is 2.68 bits per heavy atom. The molecule has 0 amide bonds. The van der Waals surface area contributed by atoms with Crippen LogP contribution in [0.4, 0.5) is 4.39 Å². The highest BCUT2D eigenvalue weighted by Gasteiger charge is 2.23. The van der Waals surface area contributed by atoms with E-state index in [1.165, 1.54) is 11.6 Å². The zero-order valence-electron chi connectivity index (χ0n) is 16.8. The molecule has 1 fully saturated rings. The van der Waals surface area contributed by atoms with Crippen LogP contribution >= 0.6 is 0 Å². The lowest BCUT2D eigenvalue weighted by Crippen LogP contribution is -2.49. The largest absolute Gasteiger partial charge is 0.301 e. The number of piperazine rings is 1. The quantitative estimate of drug-likeness (QED) is 0.682. The first kappa shape index (κ1) is 18.8. The molecule has 3 aromatic rings. The Morgan fingerprint density at radius 1 is 1.11 bits per heavy atom. The highest BCUT2D eigenvalue weighted by molar-refractivity contribution is 5.63. The third-order valence-electron chi connectivity index (χ3n) is 5.59. The molecule has 28 heavy (non-hydrogen) atoms. The maximum absolute atomic E-state index is 13.9. The molecule has 0 aliphatic carbocycles. The van der Waals surface area contributed by atoms with Crippen LogP contribution in [-0.4, -0.2) is 52.3 Å². The van der Waals surface area contributed by atoms with E-state index in [0.717, 1.165) is 48.7 Å². The molecule has 1 saturated heterocycles. The lowest BCUT2D eigenvalue weighted by Gasteiger charge is -2.37. The molecule has 1 aromatic heterocycles. The highest BCUT2D eigenvalue weighted by Crippen LogP contribution is 2.26. The minimum Gasteiger partial charge on any atom is -0.301 e. The van der Waals surface area contributed by atoms with E-state index in [2.05, 4.69) is 55.1 Å². The van der Waals surface area contributed by atoms with Gasteiger partial charge in [-0.25, -0.2) is 9.07 Å². The van der Waals surface area contributed by atoms with Crippen molar-refractivity contribution in [3.63, 3.8) is 0 Å². The maximum Gasteiger partial charge on any atom is 0.123 e. The van der Waals surface area contributed by atoms with Crippen molar-refractivity contribution < 1.29 is 4.39 Å². The Balaban J connectivity index is 1.71. The SMILES string of the molecule is Cc1cccc(-n2cc(CN3CCN(C)[C@@H](C)C3)c(-c3cccc(F)c3)n2)c1. The summed E-state index contributed by atoms with van der Waals surface area (Å²) in [4.78, 5) is 4.85. The Bertz CT molecular complexity index is 965. The maximum atomic E-state index is 13.9. The molecule has 1 atom stereocenters. The van der Waals surface area contributed by atoms with Gasteiger partial charge >= 0.3 is 0 Å². The topological polar surface area (TPSA) is 24.3 Å². The van der Waals surface area contributed by atoms with Crippen molar-refractivity contribution in [2.75, 3.05) is 26.7 Å². The molecule has 4 nitrogen and oxygen atoms in total. The molecule has 0 N–H and O–H groups in total. The van der Waals surface area contributed by atoms with Gasteiger partial charge in [-0.3, -0.25) is 4.90 Å². The van der Waals surface area contributed by atoms with Crippen molar-refractivity contribution in [1.29, 1.82) is 0 Å². The van der Waals surface area contributed by atoms with E-state index in [1.807, 2.05) is 16.8 Å². The third kappa shape index (κ3) is 4.01. The first-order valence-electron chi connectivity index (χ1n) is 9.84. The zero-order chi connectivity index (χ0) is 19.7. The van der Waals surface area contributed by atoms with E-state index >= 15 is 0 Å². The van der Waals surface area contributed by atoms with Gasteiger partial charge in [0.25, 0.3) is 0 Å². The number of aromatic nitrogens is 2. The number of aryl methyl sites for hydroxylation is 1. The van der Waals surface area contributed by atoms with Gasteiger partial charge in [-0.05, 0) is 50.7 Å².